The zero-order valence-electron chi connectivity index (χ0n) is 11.1. The number of halogens is 2. The van der Waals surface area contributed by atoms with Gasteiger partial charge in [-0.05, 0) is 6.92 Å². The molecule has 0 fully saturated rings. The van der Waals surface area contributed by atoms with Crippen molar-refractivity contribution in [1.82, 2.24) is 4.13 Å². The Kier molecular flexibility index (Phi) is 5.12. The van der Waals surface area contributed by atoms with Gasteiger partial charge in [-0.25, -0.2) is 33.7 Å². The fourth-order valence-electron chi connectivity index (χ4n) is 0.961. The molecule has 0 saturated heterocycles. The quantitative estimate of drug-likeness (QED) is 0.531. The van der Waals surface area contributed by atoms with E-state index in [1.165, 1.54) is 0 Å². The Bertz CT molecular complexity index is 925. The summed E-state index contributed by atoms with van der Waals surface area (Å²) >= 11 is 0. The number of alkyl halides is 2. The van der Waals surface area contributed by atoms with Crippen LogP contribution in [0.25, 0.3) is 0 Å². The minimum absolute atomic E-state index is 0.0571. The van der Waals surface area contributed by atoms with Crippen molar-refractivity contribution in [1.29, 1.82) is 5.26 Å². The van der Waals surface area contributed by atoms with Crippen molar-refractivity contribution in [3.05, 3.63) is 0 Å². The van der Waals surface area contributed by atoms with E-state index in [0.717, 1.165) is 0 Å². The van der Waals surface area contributed by atoms with E-state index in [1.807, 2.05) is 0 Å². The van der Waals surface area contributed by atoms with Crippen LogP contribution >= 0.6 is 0 Å². The molecule has 0 aliphatic rings. The van der Waals surface area contributed by atoms with Crippen LogP contribution in [0.1, 0.15) is 6.92 Å². The molecular formula is C6H10F2N2O8S4. The SMILES string of the molecule is CC(C#N)(S(C)(=O)=O)S(=O)(=O)C(F)(F)S(=O)(=O)NS(C)(=O)=O. The van der Waals surface area contributed by atoms with Crippen LogP contribution in [0.15, 0.2) is 0 Å². The van der Waals surface area contributed by atoms with Gasteiger partial charge >= 0.3 is 14.6 Å². The van der Waals surface area contributed by atoms with Gasteiger partial charge in [0.2, 0.25) is 10.0 Å². The number of nitrogens with zero attached hydrogens (tertiary/aromatic N) is 1. The van der Waals surface area contributed by atoms with Crippen molar-refractivity contribution in [3.8, 4) is 6.07 Å². The normalized spacial score (nSPS) is 17.5. The molecule has 0 aromatic rings. The Hall–Kier alpha value is -0.890. The molecule has 0 aliphatic carbocycles. The van der Waals surface area contributed by atoms with Crippen LogP contribution in [0.2, 0.25) is 0 Å². The molecule has 0 aliphatic heterocycles. The van der Waals surface area contributed by atoms with E-state index in [2.05, 4.69) is 0 Å². The van der Waals surface area contributed by atoms with E-state index in [-0.39, 0.29) is 19.4 Å². The average molecular weight is 404 g/mol. The van der Waals surface area contributed by atoms with Crippen LogP contribution < -0.4 is 4.13 Å². The summed E-state index contributed by atoms with van der Waals surface area (Å²) in [5.41, 5.74) is 0. The van der Waals surface area contributed by atoms with Gasteiger partial charge in [0.15, 0.2) is 9.84 Å². The summed E-state index contributed by atoms with van der Waals surface area (Å²) in [6.07, 6.45) is 0.272. The molecule has 0 heterocycles. The summed E-state index contributed by atoms with van der Waals surface area (Å²) in [6, 6.07) is 0.602. The average Bonchev–Trinajstić information content (AvgIpc) is 2.22. The number of nitriles is 1. The van der Waals surface area contributed by atoms with E-state index in [1.54, 1.807) is 0 Å². The molecule has 22 heavy (non-hydrogen) atoms. The number of hydrogen-bond acceptors (Lipinski definition) is 9. The van der Waals surface area contributed by atoms with E-state index in [9.17, 15) is 42.5 Å². The van der Waals surface area contributed by atoms with Gasteiger partial charge in [-0.2, -0.15) is 14.0 Å². The molecule has 0 spiro atoms. The zero-order valence-corrected chi connectivity index (χ0v) is 14.4. The second kappa shape index (κ2) is 5.33. The lowest BCUT2D eigenvalue weighted by molar-refractivity contribution is 0.178. The van der Waals surface area contributed by atoms with Gasteiger partial charge in [0.1, 0.15) is 6.07 Å². The Morgan fingerprint density at radius 1 is 0.955 bits per heavy atom. The summed E-state index contributed by atoms with van der Waals surface area (Å²) in [4.78, 5) is 0. The number of nitrogens with one attached hydrogen (secondary N) is 1. The van der Waals surface area contributed by atoms with Crippen LogP contribution in [0.3, 0.4) is 0 Å². The highest BCUT2D eigenvalue weighted by Gasteiger charge is 2.69. The monoisotopic (exact) mass is 404 g/mol. The maximum Gasteiger partial charge on any atom is 0.462 e. The lowest BCUT2D eigenvalue weighted by atomic mass is 10.5. The predicted octanol–water partition coefficient (Wildman–Crippen LogP) is -1.89. The highest BCUT2D eigenvalue weighted by atomic mass is 32.3. The standard InChI is InChI=1S/C6H10F2N2O8S4/c1-5(4-9,19(2,11)12)21(15,16)6(7,8)22(17,18)10-20(3,13)14/h10H,1-3H3. The summed E-state index contributed by atoms with van der Waals surface area (Å²) in [7, 11) is -22.8. The minimum atomic E-state index is -6.54. The Labute approximate surface area is 126 Å². The van der Waals surface area contributed by atoms with Gasteiger partial charge in [0.05, 0.1) is 6.26 Å². The molecule has 0 bridgehead atoms. The van der Waals surface area contributed by atoms with Gasteiger partial charge in [-0.3, -0.25) is 0 Å². The molecular weight excluding hydrogens is 394 g/mol. The summed E-state index contributed by atoms with van der Waals surface area (Å²) in [6.45, 7) is 0.0571. The topological polar surface area (TPSA) is 172 Å². The lowest BCUT2D eigenvalue weighted by Gasteiger charge is -2.25. The highest BCUT2D eigenvalue weighted by Crippen LogP contribution is 2.38. The number of rotatable bonds is 6. The van der Waals surface area contributed by atoms with E-state index < -0.39 is 48.4 Å². The first kappa shape index (κ1) is 21.1. The Morgan fingerprint density at radius 2 is 1.32 bits per heavy atom. The molecule has 16 heteroatoms. The van der Waals surface area contributed by atoms with Crippen LogP contribution in [0, 0.1) is 11.3 Å². The third-order valence-corrected chi connectivity index (χ3v) is 11.2. The van der Waals surface area contributed by atoms with Crippen molar-refractivity contribution in [2.75, 3.05) is 12.5 Å². The van der Waals surface area contributed by atoms with E-state index >= 15 is 0 Å². The Morgan fingerprint density at radius 3 is 1.55 bits per heavy atom. The van der Waals surface area contributed by atoms with Gasteiger partial charge in [-0.1, -0.05) is 0 Å². The van der Waals surface area contributed by atoms with E-state index in [0.29, 0.717) is 10.2 Å². The van der Waals surface area contributed by atoms with Gasteiger partial charge in [0.25, 0.3) is 13.9 Å². The summed E-state index contributed by atoms with van der Waals surface area (Å²) in [5, 5.41) is 8.64. The second-order valence-corrected chi connectivity index (χ2v) is 13.1. The largest absolute Gasteiger partial charge is 0.462 e. The van der Waals surface area contributed by atoms with Gasteiger partial charge in [-0.15, -0.1) is 4.13 Å². The van der Waals surface area contributed by atoms with Crippen LogP contribution in [-0.2, 0) is 39.7 Å². The summed E-state index contributed by atoms with van der Waals surface area (Å²) in [5.74, 6) is 0. The predicted molar refractivity (Wildman–Crippen MR) is 69.6 cm³/mol. The van der Waals surface area contributed by atoms with Crippen molar-refractivity contribution in [3.63, 3.8) is 0 Å². The summed E-state index contributed by atoms with van der Waals surface area (Å²) < 4.78 is 108. The smallest absolute Gasteiger partial charge is 0.226 e. The Balaban J connectivity index is 6.66. The van der Waals surface area contributed by atoms with Gasteiger partial charge in [0, 0.05) is 6.26 Å². The fourth-order valence-corrected chi connectivity index (χ4v) is 7.71. The van der Waals surface area contributed by atoms with Crippen LogP contribution in [0.5, 0.6) is 0 Å². The molecule has 0 radical (unpaired) electrons. The molecule has 0 aromatic heterocycles. The molecule has 1 N–H and O–H groups in total. The maximum atomic E-state index is 13.8. The van der Waals surface area contributed by atoms with Crippen molar-refractivity contribution in [2.24, 2.45) is 0 Å². The zero-order chi connectivity index (χ0) is 18.4. The van der Waals surface area contributed by atoms with Crippen LogP contribution in [0.4, 0.5) is 8.78 Å². The van der Waals surface area contributed by atoms with Crippen LogP contribution in [-0.4, -0.2) is 54.8 Å². The lowest BCUT2D eigenvalue weighted by Crippen LogP contribution is -2.56. The number of sulfonamides is 2. The number of hydrogen-bond donors (Lipinski definition) is 1. The van der Waals surface area contributed by atoms with Crippen molar-refractivity contribution in [2.45, 2.75) is 15.6 Å². The van der Waals surface area contributed by atoms with Crippen molar-refractivity contribution >= 4 is 39.7 Å². The first-order valence-electron chi connectivity index (χ1n) is 4.73. The first-order valence-corrected chi connectivity index (χ1v) is 11.5. The maximum absolute atomic E-state index is 13.8. The third kappa shape index (κ3) is 3.22. The number of sulfone groups is 2. The molecule has 0 aromatic carbocycles. The molecule has 130 valence electrons. The second-order valence-electron chi connectivity index (χ2n) is 4.16. The molecule has 0 rings (SSSR count). The van der Waals surface area contributed by atoms with E-state index in [4.69, 9.17) is 5.26 Å². The third-order valence-electron chi connectivity index (χ3n) is 2.31. The molecule has 1 unspecified atom stereocenters. The minimum Gasteiger partial charge on any atom is -0.226 e. The highest BCUT2D eigenvalue weighted by molar-refractivity contribution is 8.19. The molecule has 0 amide bonds. The van der Waals surface area contributed by atoms with Crippen molar-refractivity contribution < 1.29 is 42.5 Å². The molecule has 0 saturated carbocycles. The fraction of sp³-hybridized carbons (Fsp3) is 0.833. The molecule has 10 nitrogen and oxygen atoms in total. The molecule has 1 atom stereocenters. The first-order chi connectivity index (χ1) is 9.27. The van der Waals surface area contributed by atoms with Gasteiger partial charge < -0.3 is 0 Å².